The van der Waals surface area contributed by atoms with Crippen LogP contribution in [0.5, 0.6) is 0 Å². The van der Waals surface area contributed by atoms with Crippen LogP contribution in [0, 0.1) is 5.82 Å². The Kier molecular flexibility index (Phi) is 7.18. The molecule has 2 N–H and O–H groups in total. The average Bonchev–Trinajstić information content (AvgIpc) is 3.43. The van der Waals surface area contributed by atoms with Gasteiger partial charge in [0.2, 0.25) is 0 Å². The number of fused-ring (bicyclic) bond motifs is 1. The molecule has 6 nitrogen and oxygen atoms in total. The fourth-order valence-corrected chi connectivity index (χ4v) is 4.06. The molecule has 1 aliphatic rings. The third-order valence-corrected chi connectivity index (χ3v) is 5.69. The number of hydrogen-bond acceptors (Lipinski definition) is 4. The smallest absolute Gasteiger partial charge is 0.356 e. The fraction of sp³-hybridized carbons (Fsp3) is 0.286. The Hall–Kier alpha value is -2.85. The van der Waals surface area contributed by atoms with Gasteiger partial charge in [0.25, 0.3) is 0 Å². The topological polar surface area (TPSA) is 73.5 Å². The van der Waals surface area contributed by atoms with Crippen LogP contribution in [0.25, 0.3) is 22.3 Å². The maximum atomic E-state index is 14.2. The lowest BCUT2D eigenvalue weighted by molar-refractivity contribution is -0.137. The molecule has 12 heteroatoms. The Labute approximate surface area is 198 Å². The second-order valence-electron chi connectivity index (χ2n) is 7.57. The van der Waals surface area contributed by atoms with Crippen molar-refractivity contribution in [1.29, 1.82) is 0 Å². The molecule has 33 heavy (non-hydrogen) atoms. The van der Waals surface area contributed by atoms with E-state index in [9.17, 15) is 17.6 Å². The summed E-state index contributed by atoms with van der Waals surface area (Å²) in [6.45, 7) is 1.49. The number of aromatic nitrogens is 5. The molecular weight excluding hydrogens is 483 g/mol. The number of nitrogens with zero attached hydrogens (tertiary/aromatic N) is 4. The van der Waals surface area contributed by atoms with E-state index < -0.39 is 17.6 Å². The molecular formula is C21H20Cl2F4N6. The van der Waals surface area contributed by atoms with Gasteiger partial charge in [-0.3, -0.25) is 0 Å². The number of alkyl halides is 3. The SMILES string of the molecule is Cl.Cl.Fc1ccc(C(F)(F)F)cc1-c1cnc(C2CCN(c3ncnc4[nH]ccc34)CC2)[nH]1. The molecule has 0 aliphatic carbocycles. The summed E-state index contributed by atoms with van der Waals surface area (Å²) in [4.78, 5) is 21.3. The summed E-state index contributed by atoms with van der Waals surface area (Å²) in [5.74, 6) is 0.900. The minimum absolute atomic E-state index is 0. The zero-order valence-corrected chi connectivity index (χ0v) is 18.7. The largest absolute Gasteiger partial charge is 0.416 e. The van der Waals surface area contributed by atoms with E-state index in [4.69, 9.17) is 0 Å². The number of nitrogens with one attached hydrogen (secondary N) is 2. The third-order valence-electron chi connectivity index (χ3n) is 5.69. The molecule has 3 aromatic heterocycles. The number of aromatic amines is 2. The Bertz CT molecular complexity index is 1230. The molecule has 0 saturated carbocycles. The number of imidazole rings is 1. The molecule has 0 spiro atoms. The standard InChI is InChI=1S/C21H18F4N6.2ClH/c22-16-2-1-13(21(23,24)25)9-15(16)17-10-27-18(30-17)12-4-7-31(8-5-12)20-14-3-6-26-19(14)28-11-29-20;;/h1-3,6,9-12H,4-5,7-8H2,(H,27,30)(H,26,28,29);2*1H. The van der Waals surface area contributed by atoms with E-state index in [0.29, 0.717) is 5.82 Å². The number of piperidine rings is 1. The van der Waals surface area contributed by atoms with Crippen molar-refractivity contribution < 1.29 is 17.6 Å². The summed E-state index contributed by atoms with van der Waals surface area (Å²) in [6.07, 6.45) is 1.79. The fourth-order valence-electron chi connectivity index (χ4n) is 4.06. The number of anilines is 1. The van der Waals surface area contributed by atoms with E-state index in [-0.39, 0.29) is 42.0 Å². The first kappa shape index (κ1) is 24.8. The molecule has 4 heterocycles. The van der Waals surface area contributed by atoms with E-state index in [1.807, 2.05) is 12.3 Å². The van der Waals surface area contributed by atoms with E-state index in [1.165, 1.54) is 12.5 Å². The molecule has 0 radical (unpaired) electrons. The minimum atomic E-state index is -4.54. The number of rotatable bonds is 3. The van der Waals surface area contributed by atoms with Gasteiger partial charge < -0.3 is 14.9 Å². The molecule has 0 atom stereocenters. The zero-order valence-electron chi connectivity index (χ0n) is 17.1. The van der Waals surface area contributed by atoms with Gasteiger partial charge in [0, 0.05) is 30.8 Å². The van der Waals surface area contributed by atoms with Crippen molar-refractivity contribution in [2.45, 2.75) is 24.9 Å². The summed E-state index contributed by atoms with van der Waals surface area (Å²) in [5.41, 5.74) is -0.00657. The van der Waals surface area contributed by atoms with Crippen molar-refractivity contribution in [2.75, 3.05) is 18.0 Å². The molecule has 0 amide bonds. The molecule has 176 valence electrons. The van der Waals surface area contributed by atoms with Crippen LogP contribution in [0.1, 0.15) is 30.1 Å². The Morgan fingerprint density at radius 1 is 1.00 bits per heavy atom. The molecule has 4 aromatic rings. The number of hydrogen-bond donors (Lipinski definition) is 2. The second-order valence-corrected chi connectivity index (χ2v) is 7.57. The first-order valence-electron chi connectivity index (χ1n) is 9.85. The first-order chi connectivity index (χ1) is 14.9. The summed E-state index contributed by atoms with van der Waals surface area (Å²) in [7, 11) is 0. The average molecular weight is 503 g/mol. The van der Waals surface area contributed by atoms with Crippen molar-refractivity contribution in [2.24, 2.45) is 0 Å². The number of benzene rings is 1. The van der Waals surface area contributed by atoms with Crippen molar-refractivity contribution in [3.63, 3.8) is 0 Å². The summed E-state index contributed by atoms with van der Waals surface area (Å²) >= 11 is 0. The molecule has 1 fully saturated rings. The molecule has 1 aliphatic heterocycles. The van der Waals surface area contributed by atoms with Crippen LogP contribution >= 0.6 is 24.8 Å². The van der Waals surface area contributed by atoms with Crippen LogP contribution in [0.4, 0.5) is 23.4 Å². The van der Waals surface area contributed by atoms with Gasteiger partial charge in [-0.15, -0.1) is 24.8 Å². The maximum Gasteiger partial charge on any atom is 0.416 e. The molecule has 1 aromatic carbocycles. The quantitative estimate of drug-likeness (QED) is 0.350. The van der Waals surface area contributed by atoms with Crippen LogP contribution in [0.3, 0.4) is 0 Å². The predicted molar refractivity (Wildman–Crippen MR) is 122 cm³/mol. The lowest BCUT2D eigenvalue weighted by Gasteiger charge is -2.32. The summed E-state index contributed by atoms with van der Waals surface area (Å²) in [5, 5.41) is 0.959. The highest BCUT2D eigenvalue weighted by Crippen LogP contribution is 2.35. The highest BCUT2D eigenvalue weighted by molar-refractivity contribution is 5.87. The lowest BCUT2D eigenvalue weighted by atomic mass is 9.96. The highest BCUT2D eigenvalue weighted by Gasteiger charge is 2.31. The van der Waals surface area contributed by atoms with E-state index in [1.54, 1.807) is 0 Å². The monoisotopic (exact) mass is 502 g/mol. The Balaban J connectivity index is 0.00000153. The van der Waals surface area contributed by atoms with Gasteiger partial charge >= 0.3 is 6.18 Å². The maximum absolute atomic E-state index is 14.2. The van der Waals surface area contributed by atoms with Gasteiger partial charge in [0.1, 0.15) is 29.4 Å². The van der Waals surface area contributed by atoms with Gasteiger partial charge in [-0.2, -0.15) is 13.2 Å². The van der Waals surface area contributed by atoms with Crippen LogP contribution in [-0.2, 0) is 6.18 Å². The minimum Gasteiger partial charge on any atom is -0.356 e. The van der Waals surface area contributed by atoms with Crippen LogP contribution in [-0.4, -0.2) is 38.0 Å². The van der Waals surface area contributed by atoms with E-state index in [0.717, 1.165) is 61.0 Å². The van der Waals surface area contributed by atoms with Crippen molar-refractivity contribution in [1.82, 2.24) is 24.9 Å². The Morgan fingerprint density at radius 2 is 1.76 bits per heavy atom. The van der Waals surface area contributed by atoms with Gasteiger partial charge in [0.15, 0.2) is 0 Å². The normalized spacial score (nSPS) is 14.7. The summed E-state index contributed by atoms with van der Waals surface area (Å²) in [6, 6.07) is 4.33. The molecule has 0 unspecified atom stereocenters. The van der Waals surface area contributed by atoms with Crippen molar-refractivity contribution in [3.8, 4) is 11.3 Å². The van der Waals surface area contributed by atoms with E-state index in [2.05, 4.69) is 29.8 Å². The number of H-pyrrole nitrogens is 2. The molecule has 5 rings (SSSR count). The van der Waals surface area contributed by atoms with Crippen molar-refractivity contribution >= 4 is 41.7 Å². The van der Waals surface area contributed by atoms with Crippen LogP contribution in [0.2, 0.25) is 0 Å². The summed E-state index contributed by atoms with van der Waals surface area (Å²) < 4.78 is 53.2. The third kappa shape index (κ3) is 4.77. The number of halogens is 6. The van der Waals surface area contributed by atoms with Gasteiger partial charge in [-0.25, -0.2) is 19.3 Å². The van der Waals surface area contributed by atoms with Crippen LogP contribution < -0.4 is 4.90 Å². The van der Waals surface area contributed by atoms with Gasteiger partial charge in [0.05, 0.1) is 22.8 Å². The van der Waals surface area contributed by atoms with Gasteiger partial charge in [-0.05, 0) is 37.1 Å². The van der Waals surface area contributed by atoms with Crippen molar-refractivity contribution in [3.05, 3.63) is 60.2 Å². The Morgan fingerprint density at radius 3 is 2.48 bits per heavy atom. The van der Waals surface area contributed by atoms with Crippen LogP contribution in [0.15, 0.2) is 43.0 Å². The lowest BCUT2D eigenvalue weighted by Crippen LogP contribution is -2.33. The second kappa shape index (κ2) is 9.56. The molecule has 0 bridgehead atoms. The predicted octanol–water partition coefficient (Wildman–Crippen LogP) is 5.73. The zero-order chi connectivity index (χ0) is 21.6. The highest BCUT2D eigenvalue weighted by atomic mass is 35.5. The van der Waals surface area contributed by atoms with Gasteiger partial charge in [-0.1, -0.05) is 0 Å². The first-order valence-corrected chi connectivity index (χ1v) is 9.85. The molecule has 1 saturated heterocycles. The van der Waals surface area contributed by atoms with E-state index >= 15 is 0 Å².